The number of nitrogens with zero attached hydrogens (tertiary/aromatic N) is 4. The van der Waals surface area contributed by atoms with Gasteiger partial charge < -0.3 is 19.7 Å². The predicted molar refractivity (Wildman–Crippen MR) is 122 cm³/mol. The Balaban J connectivity index is 1.23. The third kappa shape index (κ3) is 5.01. The summed E-state index contributed by atoms with van der Waals surface area (Å²) >= 11 is 5.84. The molecule has 1 N–H and O–H groups in total. The van der Waals surface area contributed by atoms with Crippen LogP contribution in [0.15, 0.2) is 48.7 Å². The molecule has 5 rings (SSSR count). The quantitative estimate of drug-likeness (QED) is 0.558. The molecule has 0 spiro atoms. The van der Waals surface area contributed by atoms with Gasteiger partial charge in [0.05, 0.1) is 17.6 Å². The van der Waals surface area contributed by atoms with Crippen LogP contribution in [-0.2, 0) is 12.7 Å². The molecular formula is C23H21ClF3N5O3. The molecule has 0 atom stereocenters. The molecule has 0 bridgehead atoms. The van der Waals surface area contributed by atoms with Crippen molar-refractivity contribution in [2.75, 3.05) is 38.3 Å². The average molecular weight is 508 g/mol. The van der Waals surface area contributed by atoms with Crippen LogP contribution < -0.4 is 14.8 Å². The van der Waals surface area contributed by atoms with Gasteiger partial charge in [0, 0.05) is 37.7 Å². The number of hydrogen-bond acceptors (Lipinski definition) is 5. The van der Waals surface area contributed by atoms with Gasteiger partial charge in [-0.2, -0.15) is 18.3 Å². The highest BCUT2D eigenvalue weighted by Gasteiger charge is 2.39. The van der Waals surface area contributed by atoms with Gasteiger partial charge in [-0.3, -0.25) is 4.90 Å². The average Bonchev–Trinajstić information content (AvgIpc) is 3.47. The van der Waals surface area contributed by atoms with Crippen LogP contribution in [0.3, 0.4) is 0 Å². The molecule has 0 radical (unpaired) electrons. The van der Waals surface area contributed by atoms with E-state index in [2.05, 4.69) is 15.3 Å². The number of fused-ring (bicyclic) bond motifs is 1. The van der Waals surface area contributed by atoms with E-state index in [4.69, 9.17) is 21.1 Å². The molecule has 12 heteroatoms. The first-order chi connectivity index (χ1) is 16.8. The summed E-state index contributed by atoms with van der Waals surface area (Å²) < 4.78 is 53.1. The molecule has 35 heavy (non-hydrogen) atoms. The Morgan fingerprint density at radius 2 is 1.74 bits per heavy atom. The SMILES string of the molecule is O=C(Nc1cnn(-c2ccc(Cl)cc2)c1C(F)(F)F)N1CCN(Cc2ccc3c(c2)OCO3)CC1. The first-order valence-electron chi connectivity index (χ1n) is 10.9. The van der Waals surface area contributed by atoms with Crippen molar-refractivity contribution in [3.8, 4) is 17.2 Å². The molecule has 0 unspecified atom stereocenters. The number of anilines is 1. The molecule has 1 saturated heterocycles. The fourth-order valence-electron chi connectivity index (χ4n) is 4.09. The third-order valence-electron chi connectivity index (χ3n) is 5.85. The number of carbonyl (C=O) groups is 1. The van der Waals surface area contributed by atoms with Crippen molar-refractivity contribution in [2.24, 2.45) is 0 Å². The van der Waals surface area contributed by atoms with Crippen LogP contribution in [-0.4, -0.2) is 58.6 Å². The maximum Gasteiger partial charge on any atom is 0.435 e. The van der Waals surface area contributed by atoms with Crippen molar-refractivity contribution >= 4 is 23.3 Å². The molecule has 2 aliphatic heterocycles. The molecule has 3 heterocycles. The first-order valence-corrected chi connectivity index (χ1v) is 11.2. The number of aromatic nitrogens is 2. The molecule has 2 amide bonds. The summed E-state index contributed by atoms with van der Waals surface area (Å²) in [6.45, 7) is 2.79. The molecule has 1 fully saturated rings. The monoisotopic (exact) mass is 507 g/mol. The number of carbonyl (C=O) groups excluding carboxylic acids is 1. The maximum atomic E-state index is 13.9. The summed E-state index contributed by atoms with van der Waals surface area (Å²) in [7, 11) is 0. The number of alkyl halides is 3. The van der Waals surface area contributed by atoms with Crippen LogP contribution >= 0.6 is 11.6 Å². The number of nitrogens with one attached hydrogen (secondary N) is 1. The second kappa shape index (κ2) is 9.31. The number of benzene rings is 2. The highest BCUT2D eigenvalue weighted by Crippen LogP contribution is 2.37. The number of amides is 2. The van der Waals surface area contributed by atoms with Crippen molar-refractivity contribution in [3.63, 3.8) is 0 Å². The van der Waals surface area contributed by atoms with Crippen molar-refractivity contribution in [1.29, 1.82) is 0 Å². The van der Waals surface area contributed by atoms with E-state index in [-0.39, 0.29) is 12.5 Å². The van der Waals surface area contributed by atoms with Gasteiger partial charge in [-0.15, -0.1) is 0 Å². The Morgan fingerprint density at radius 1 is 1.03 bits per heavy atom. The summed E-state index contributed by atoms with van der Waals surface area (Å²) in [4.78, 5) is 16.4. The van der Waals surface area contributed by atoms with Gasteiger partial charge in [-0.1, -0.05) is 17.7 Å². The second-order valence-electron chi connectivity index (χ2n) is 8.17. The Labute approximate surface area is 203 Å². The minimum Gasteiger partial charge on any atom is -0.454 e. The number of halogens is 4. The number of ether oxygens (including phenoxy) is 2. The Kier molecular flexibility index (Phi) is 6.20. The van der Waals surface area contributed by atoms with Crippen molar-refractivity contribution in [2.45, 2.75) is 12.7 Å². The van der Waals surface area contributed by atoms with Gasteiger partial charge >= 0.3 is 12.2 Å². The minimum absolute atomic E-state index is 0.180. The zero-order valence-corrected chi connectivity index (χ0v) is 19.1. The highest BCUT2D eigenvalue weighted by atomic mass is 35.5. The summed E-state index contributed by atoms with van der Waals surface area (Å²) in [5, 5.41) is 6.64. The molecular weight excluding hydrogens is 487 g/mol. The lowest BCUT2D eigenvalue weighted by Gasteiger charge is -2.34. The number of piperazine rings is 1. The molecule has 0 aliphatic carbocycles. The molecule has 8 nitrogen and oxygen atoms in total. The lowest BCUT2D eigenvalue weighted by atomic mass is 10.1. The summed E-state index contributed by atoms with van der Waals surface area (Å²) in [6, 6.07) is 10.9. The first kappa shape index (κ1) is 23.3. The van der Waals surface area contributed by atoms with E-state index in [1.165, 1.54) is 29.2 Å². The Morgan fingerprint density at radius 3 is 2.46 bits per heavy atom. The third-order valence-corrected chi connectivity index (χ3v) is 6.11. The fourth-order valence-corrected chi connectivity index (χ4v) is 4.22. The van der Waals surface area contributed by atoms with Crippen LogP contribution in [0, 0.1) is 0 Å². The lowest BCUT2D eigenvalue weighted by molar-refractivity contribution is -0.142. The van der Waals surface area contributed by atoms with Crippen molar-refractivity contribution < 1.29 is 27.4 Å². The van der Waals surface area contributed by atoms with Crippen LogP contribution in [0.1, 0.15) is 11.3 Å². The standard InChI is InChI=1S/C23H21ClF3N5O3/c24-16-2-4-17(5-3-16)32-21(23(25,26)27)18(12-28-32)29-22(33)31-9-7-30(8-10-31)13-15-1-6-19-20(11-15)35-14-34-19/h1-6,11-12H,7-10,13-14H2,(H,29,33). The van der Waals surface area contributed by atoms with Crippen LogP contribution in [0.25, 0.3) is 5.69 Å². The zero-order chi connectivity index (χ0) is 24.6. The molecule has 1 aromatic heterocycles. The van der Waals surface area contributed by atoms with Gasteiger partial charge in [0.2, 0.25) is 6.79 Å². The maximum absolute atomic E-state index is 13.9. The van der Waals surface area contributed by atoms with Gasteiger partial charge in [-0.05, 0) is 42.0 Å². The Bertz CT molecular complexity index is 1220. The van der Waals surface area contributed by atoms with Crippen molar-refractivity contribution in [1.82, 2.24) is 19.6 Å². The predicted octanol–water partition coefficient (Wildman–Crippen LogP) is 4.62. The number of rotatable bonds is 4. The van der Waals surface area contributed by atoms with Gasteiger partial charge in [0.1, 0.15) is 0 Å². The second-order valence-corrected chi connectivity index (χ2v) is 8.61. The van der Waals surface area contributed by atoms with Crippen LogP contribution in [0.2, 0.25) is 5.02 Å². The topological polar surface area (TPSA) is 71.9 Å². The van der Waals surface area contributed by atoms with E-state index in [1.807, 2.05) is 18.2 Å². The van der Waals surface area contributed by atoms with E-state index in [1.54, 1.807) is 0 Å². The van der Waals surface area contributed by atoms with E-state index in [0.717, 1.165) is 16.4 Å². The molecule has 2 aliphatic rings. The molecule has 0 saturated carbocycles. The smallest absolute Gasteiger partial charge is 0.435 e. The summed E-state index contributed by atoms with van der Waals surface area (Å²) in [5.41, 5.74) is -0.231. The van der Waals surface area contributed by atoms with E-state index >= 15 is 0 Å². The summed E-state index contributed by atoms with van der Waals surface area (Å²) in [6.07, 6.45) is -3.73. The van der Waals surface area contributed by atoms with Crippen LogP contribution in [0.5, 0.6) is 11.5 Å². The number of hydrogen-bond donors (Lipinski definition) is 1. The number of urea groups is 1. The van der Waals surface area contributed by atoms with E-state index in [0.29, 0.717) is 49.2 Å². The molecule has 184 valence electrons. The lowest BCUT2D eigenvalue weighted by Crippen LogP contribution is -2.49. The van der Waals surface area contributed by atoms with Crippen LogP contribution in [0.4, 0.5) is 23.7 Å². The summed E-state index contributed by atoms with van der Waals surface area (Å²) in [5.74, 6) is 1.42. The highest BCUT2D eigenvalue weighted by molar-refractivity contribution is 6.30. The normalized spacial score (nSPS) is 15.9. The zero-order valence-electron chi connectivity index (χ0n) is 18.4. The largest absolute Gasteiger partial charge is 0.454 e. The van der Waals surface area contributed by atoms with Gasteiger partial charge in [0.15, 0.2) is 17.2 Å². The van der Waals surface area contributed by atoms with E-state index < -0.39 is 23.6 Å². The van der Waals surface area contributed by atoms with Gasteiger partial charge in [0.25, 0.3) is 0 Å². The minimum atomic E-state index is -4.73. The fraction of sp³-hybridized carbons (Fsp3) is 0.304. The van der Waals surface area contributed by atoms with E-state index in [9.17, 15) is 18.0 Å². The van der Waals surface area contributed by atoms with Crippen molar-refractivity contribution in [3.05, 3.63) is 64.9 Å². The molecule has 3 aromatic rings. The van der Waals surface area contributed by atoms with Gasteiger partial charge in [-0.25, -0.2) is 9.48 Å². The Hall–Kier alpha value is -3.44. The molecule has 2 aromatic carbocycles.